The largest absolute Gasteiger partial charge is 0.337 e. The fourth-order valence-corrected chi connectivity index (χ4v) is 3.78. The molecule has 0 saturated carbocycles. The minimum atomic E-state index is -0.349. The molecule has 2 N–H and O–H groups in total. The first-order valence-electron chi connectivity index (χ1n) is 10.6. The van der Waals surface area contributed by atoms with E-state index in [0.717, 1.165) is 25.9 Å². The Hall–Kier alpha value is -3.33. The Morgan fingerprint density at radius 1 is 1.16 bits per heavy atom. The SMILES string of the molecule is Cc1cc(-c2noc(C(C)N3CCC(NC(=O)Nc4ccc(F)cc4)CC3)n2)ccc1F. The third kappa shape index (κ3) is 5.11. The van der Waals surface area contributed by atoms with Crippen LogP contribution in [0.3, 0.4) is 0 Å². The van der Waals surface area contributed by atoms with E-state index < -0.39 is 0 Å². The minimum absolute atomic E-state index is 0.0411. The Kier molecular flexibility index (Phi) is 6.45. The van der Waals surface area contributed by atoms with Gasteiger partial charge in [0.05, 0.1) is 6.04 Å². The zero-order chi connectivity index (χ0) is 22.7. The topological polar surface area (TPSA) is 83.3 Å². The molecule has 2 aromatic carbocycles. The van der Waals surface area contributed by atoms with Gasteiger partial charge in [-0.2, -0.15) is 4.98 Å². The molecule has 0 aliphatic carbocycles. The minimum Gasteiger partial charge on any atom is -0.337 e. The standard InChI is InChI=1S/C23H25F2N5O2/c1-14-13-16(3-8-20(14)25)21-28-22(32-29-21)15(2)30-11-9-19(10-12-30)27-23(31)26-18-6-4-17(24)5-7-18/h3-8,13,15,19H,9-12H2,1-2H3,(H2,26,27,31). The molecule has 1 unspecified atom stereocenters. The third-order valence-corrected chi connectivity index (χ3v) is 5.73. The third-order valence-electron chi connectivity index (χ3n) is 5.73. The van der Waals surface area contributed by atoms with Gasteiger partial charge in [-0.15, -0.1) is 0 Å². The summed E-state index contributed by atoms with van der Waals surface area (Å²) in [5, 5.41) is 9.73. The molecular formula is C23H25F2N5O2. The highest BCUT2D eigenvalue weighted by atomic mass is 19.1. The highest BCUT2D eigenvalue weighted by molar-refractivity contribution is 5.89. The summed E-state index contributed by atoms with van der Waals surface area (Å²) in [7, 11) is 0. The van der Waals surface area contributed by atoms with Gasteiger partial charge in [-0.1, -0.05) is 5.16 Å². The van der Waals surface area contributed by atoms with Crippen molar-refractivity contribution in [3.63, 3.8) is 0 Å². The van der Waals surface area contributed by atoms with E-state index in [9.17, 15) is 13.6 Å². The van der Waals surface area contributed by atoms with Crippen LogP contribution in [0.25, 0.3) is 11.4 Å². The lowest BCUT2D eigenvalue weighted by molar-refractivity contribution is 0.131. The number of anilines is 1. The first-order chi connectivity index (χ1) is 15.4. The van der Waals surface area contributed by atoms with Crippen molar-refractivity contribution in [3.8, 4) is 11.4 Å². The molecule has 9 heteroatoms. The van der Waals surface area contributed by atoms with Crippen LogP contribution < -0.4 is 10.6 Å². The predicted octanol–water partition coefficient (Wildman–Crippen LogP) is 4.67. The second-order valence-electron chi connectivity index (χ2n) is 8.01. The number of halogens is 2. The lowest BCUT2D eigenvalue weighted by Crippen LogP contribution is -2.46. The lowest BCUT2D eigenvalue weighted by Gasteiger charge is -2.34. The van der Waals surface area contributed by atoms with Gasteiger partial charge in [0.25, 0.3) is 0 Å². The molecule has 168 valence electrons. The lowest BCUT2D eigenvalue weighted by atomic mass is 10.0. The molecule has 7 nitrogen and oxygen atoms in total. The molecule has 1 aliphatic rings. The van der Waals surface area contributed by atoms with E-state index in [0.29, 0.717) is 28.5 Å². The number of aromatic nitrogens is 2. The van der Waals surface area contributed by atoms with Crippen molar-refractivity contribution in [2.24, 2.45) is 0 Å². The molecule has 4 rings (SSSR count). The first kappa shape index (κ1) is 21.9. The maximum absolute atomic E-state index is 13.5. The van der Waals surface area contributed by atoms with E-state index in [1.54, 1.807) is 19.1 Å². The van der Waals surface area contributed by atoms with Crippen LogP contribution in [0.2, 0.25) is 0 Å². The van der Waals surface area contributed by atoms with Crippen LogP contribution in [0.1, 0.15) is 37.3 Å². The van der Waals surface area contributed by atoms with Crippen LogP contribution in [0.4, 0.5) is 19.3 Å². The van der Waals surface area contributed by atoms with Gasteiger partial charge in [-0.05, 0) is 74.7 Å². The molecule has 1 fully saturated rings. The van der Waals surface area contributed by atoms with E-state index in [4.69, 9.17) is 4.52 Å². The van der Waals surface area contributed by atoms with Crippen molar-refractivity contribution in [2.75, 3.05) is 18.4 Å². The predicted molar refractivity (Wildman–Crippen MR) is 116 cm³/mol. The summed E-state index contributed by atoms with van der Waals surface area (Å²) in [6, 6.07) is 10.0. The Bertz CT molecular complexity index is 1080. The number of hydrogen-bond acceptors (Lipinski definition) is 5. The number of hydrogen-bond donors (Lipinski definition) is 2. The first-order valence-corrected chi connectivity index (χ1v) is 10.6. The second-order valence-corrected chi connectivity index (χ2v) is 8.01. The van der Waals surface area contributed by atoms with E-state index in [-0.39, 0.29) is 29.7 Å². The van der Waals surface area contributed by atoms with Crippen molar-refractivity contribution in [2.45, 2.75) is 38.8 Å². The van der Waals surface area contributed by atoms with Crippen molar-refractivity contribution in [1.29, 1.82) is 0 Å². The highest BCUT2D eigenvalue weighted by Gasteiger charge is 2.27. The van der Waals surface area contributed by atoms with Gasteiger partial charge in [-0.25, -0.2) is 13.6 Å². The molecule has 1 aromatic heterocycles. The molecule has 0 radical (unpaired) electrons. The molecule has 2 amide bonds. The Labute approximate surface area is 184 Å². The van der Waals surface area contributed by atoms with Gasteiger partial charge in [0.15, 0.2) is 0 Å². The fourth-order valence-electron chi connectivity index (χ4n) is 3.78. The van der Waals surface area contributed by atoms with E-state index in [1.807, 2.05) is 6.92 Å². The van der Waals surface area contributed by atoms with Crippen LogP contribution in [-0.4, -0.2) is 40.2 Å². The number of nitrogens with one attached hydrogen (secondary N) is 2. The van der Waals surface area contributed by atoms with Crippen molar-refractivity contribution >= 4 is 11.7 Å². The van der Waals surface area contributed by atoms with Gasteiger partial charge in [-0.3, -0.25) is 4.90 Å². The average Bonchev–Trinajstić information content (AvgIpc) is 3.27. The number of benzene rings is 2. The average molecular weight is 441 g/mol. The van der Waals surface area contributed by atoms with Crippen molar-refractivity contribution < 1.29 is 18.1 Å². The van der Waals surface area contributed by atoms with Gasteiger partial charge in [0, 0.05) is 30.4 Å². The maximum atomic E-state index is 13.5. The molecule has 0 bridgehead atoms. The summed E-state index contributed by atoms with van der Waals surface area (Å²) in [6.45, 7) is 5.22. The normalized spacial score (nSPS) is 16.0. The number of piperidine rings is 1. The number of likely N-dealkylation sites (tertiary alicyclic amines) is 1. The van der Waals surface area contributed by atoms with Crippen LogP contribution in [0.15, 0.2) is 47.0 Å². The summed E-state index contributed by atoms with van der Waals surface area (Å²) in [5.41, 5.74) is 1.78. The van der Waals surface area contributed by atoms with E-state index in [2.05, 4.69) is 25.7 Å². The van der Waals surface area contributed by atoms with Crippen molar-refractivity contribution in [3.05, 3.63) is 65.6 Å². The van der Waals surface area contributed by atoms with Gasteiger partial charge in [0.2, 0.25) is 11.7 Å². The molecular weight excluding hydrogens is 416 g/mol. The molecule has 2 heterocycles. The Morgan fingerprint density at radius 3 is 2.56 bits per heavy atom. The summed E-state index contributed by atoms with van der Waals surface area (Å²) >= 11 is 0. The van der Waals surface area contributed by atoms with Gasteiger partial charge < -0.3 is 15.2 Å². The zero-order valence-corrected chi connectivity index (χ0v) is 17.9. The monoisotopic (exact) mass is 441 g/mol. The van der Waals surface area contributed by atoms with Crippen LogP contribution in [0, 0.1) is 18.6 Å². The Balaban J connectivity index is 1.29. The highest BCUT2D eigenvalue weighted by Crippen LogP contribution is 2.26. The van der Waals surface area contributed by atoms with E-state index >= 15 is 0 Å². The number of carbonyl (C=O) groups excluding carboxylic acids is 1. The summed E-state index contributed by atoms with van der Waals surface area (Å²) in [5.74, 6) is 0.318. The van der Waals surface area contributed by atoms with Crippen LogP contribution in [-0.2, 0) is 0 Å². The van der Waals surface area contributed by atoms with Gasteiger partial charge >= 0.3 is 6.03 Å². The number of carbonyl (C=O) groups is 1. The summed E-state index contributed by atoms with van der Waals surface area (Å²) in [6.07, 6.45) is 1.55. The van der Waals surface area contributed by atoms with Crippen LogP contribution >= 0.6 is 0 Å². The summed E-state index contributed by atoms with van der Waals surface area (Å²) in [4.78, 5) is 18.9. The number of rotatable bonds is 5. The maximum Gasteiger partial charge on any atom is 0.319 e. The smallest absolute Gasteiger partial charge is 0.319 e. The molecule has 0 spiro atoms. The number of urea groups is 1. The number of nitrogens with zero attached hydrogens (tertiary/aromatic N) is 3. The Morgan fingerprint density at radius 2 is 1.88 bits per heavy atom. The summed E-state index contributed by atoms with van der Waals surface area (Å²) < 4.78 is 32.0. The van der Waals surface area contributed by atoms with Crippen LogP contribution in [0.5, 0.6) is 0 Å². The molecule has 1 saturated heterocycles. The molecule has 32 heavy (non-hydrogen) atoms. The second kappa shape index (κ2) is 9.44. The zero-order valence-electron chi connectivity index (χ0n) is 17.9. The van der Waals surface area contributed by atoms with Crippen molar-refractivity contribution in [1.82, 2.24) is 20.4 Å². The molecule has 1 atom stereocenters. The molecule has 1 aliphatic heterocycles. The molecule has 3 aromatic rings. The van der Waals surface area contributed by atoms with Gasteiger partial charge in [0.1, 0.15) is 11.6 Å². The number of aryl methyl sites for hydroxylation is 1. The quantitative estimate of drug-likeness (QED) is 0.601. The number of amides is 2. The van der Waals surface area contributed by atoms with E-state index in [1.165, 1.54) is 30.3 Å². The fraction of sp³-hybridized carbons (Fsp3) is 0.348.